The molecule has 1 atom stereocenters. The second-order valence-electron chi connectivity index (χ2n) is 5.14. The molecule has 0 radical (unpaired) electrons. The lowest BCUT2D eigenvalue weighted by Crippen LogP contribution is -2.04. The van der Waals surface area contributed by atoms with Gasteiger partial charge in [0.15, 0.2) is 0 Å². The molecule has 0 aromatic heterocycles. The normalized spacial score (nSPS) is 12.9. The Bertz CT molecular complexity index is 137. The Hall–Kier alpha value is -0.0800. The topological polar surface area (TPSA) is 40.5 Å². The predicted molar refractivity (Wildman–Crippen MR) is 74.2 cm³/mol. The molecule has 0 aromatic carbocycles. The van der Waals surface area contributed by atoms with Crippen LogP contribution in [0.1, 0.15) is 84.0 Å². The Morgan fingerprint density at radius 2 is 1.18 bits per heavy atom. The van der Waals surface area contributed by atoms with Crippen molar-refractivity contribution in [3.63, 3.8) is 0 Å². The fourth-order valence-electron chi connectivity index (χ4n) is 2.21. The minimum absolute atomic E-state index is 0.0570. The van der Waals surface area contributed by atoms with Crippen molar-refractivity contribution in [1.82, 2.24) is 0 Å². The lowest BCUT2D eigenvalue weighted by atomic mass is 10.0. The SMILES string of the molecule is CCCC(O)CCCCCCCCCCCO. The van der Waals surface area contributed by atoms with Crippen LogP contribution in [0.2, 0.25) is 0 Å². The second kappa shape index (κ2) is 14.0. The van der Waals surface area contributed by atoms with E-state index in [0.717, 1.165) is 25.7 Å². The number of aliphatic hydroxyl groups excluding tert-OH is 2. The monoisotopic (exact) mass is 244 g/mol. The maximum Gasteiger partial charge on any atom is 0.0540 e. The van der Waals surface area contributed by atoms with Crippen LogP contribution < -0.4 is 0 Å². The molecule has 0 amide bonds. The molecule has 0 saturated carbocycles. The van der Waals surface area contributed by atoms with E-state index in [1.807, 2.05) is 0 Å². The molecule has 0 spiro atoms. The van der Waals surface area contributed by atoms with Crippen molar-refractivity contribution < 1.29 is 10.2 Å². The van der Waals surface area contributed by atoms with Crippen molar-refractivity contribution in [2.75, 3.05) is 6.61 Å². The predicted octanol–water partition coefficient (Wildman–Crippen LogP) is 4.04. The van der Waals surface area contributed by atoms with Gasteiger partial charge in [-0.3, -0.25) is 0 Å². The molecule has 0 rings (SSSR count). The van der Waals surface area contributed by atoms with Gasteiger partial charge in [0.1, 0.15) is 0 Å². The van der Waals surface area contributed by atoms with Gasteiger partial charge in [-0.25, -0.2) is 0 Å². The lowest BCUT2D eigenvalue weighted by molar-refractivity contribution is 0.150. The van der Waals surface area contributed by atoms with Gasteiger partial charge in [-0.2, -0.15) is 0 Å². The van der Waals surface area contributed by atoms with E-state index < -0.39 is 0 Å². The van der Waals surface area contributed by atoms with Gasteiger partial charge in [-0.05, 0) is 19.3 Å². The fraction of sp³-hybridized carbons (Fsp3) is 1.00. The summed E-state index contributed by atoms with van der Waals surface area (Å²) in [6, 6.07) is 0. The summed E-state index contributed by atoms with van der Waals surface area (Å²) in [5, 5.41) is 18.2. The third-order valence-electron chi connectivity index (χ3n) is 3.32. The molecule has 2 nitrogen and oxygen atoms in total. The Morgan fingerprint density at radius 3 is 1.65 bits per heavy atom. The number of aliphatic hydroxyl groups is 2. The highest BCUT2D eigenvalue weighted by Gasteiger charge is 2.01. The minimum Gasteiger partial charge on any atom is -0.396 e. The number of unbranched alkanes of at least 4 members (excludes halogenated alkanes) is 8. The van der Waals surface area contributed by atoms with E-state index in [1.165, 1.54) is 51.4 Å². The first-order valence-electron chi connectivity index (χ1n) is 7.60. The average molecular weight is 244 g/mol. The average Bonchev–Trinajstić information content (AvgIpc) is 2.32. The van der Waals surface area contributed by atoms with Gasteiger partial charge in [0.05, 0.1) is 6.10 Å². The van der Waals surface area contributed by atoms with Crippen LogP contribution in [0.15, 0.2) is 0 Å². The lowest BCUT2D eigenvalue weighted by Gasteiger charge is -2.08. The maximum atomic E-state index is 9.55. The molecule has 1 unspecified atom stereocenters. The largest absolute Gasteiger partial charge is 0.396 e. The summed E-state index contributed by atoms with van der Waals surface area (Å²) in [5.41, 5.74) is 0. The van der Waals surface area contributed by atoms with Gasteiger partial charge in [-0.1, -0.05) is 64.7 Å². The van der Waals surface area contributed by atoms with Gasteiger partial charge in [-0.15, -0.1) is 0 Å². The Labute approximate surface area is 107 Å². The van der Waals surface area contributed by atoms with Crippen molar-refractivity contribution >= 4 is 0 Å². The molecule has 0 aliphatic rings. The summed E-state index contributed by atoms with van der Waals surface area (Å²) in [6.45, 7) is 2.47. The summed E-state index contributed by atoms with van der Waals surface area (Å²) >= 11 is 0. The quantitative estimate of drug-likeness (QED) is 0.480. The summed E-state index contributed by atoms with van der Waals surface area (Å²) in [5.74, 6) is 0. The molecule has 0 fully saturated rings. The Balaban J connectivity index is 2.98. The molecule has 17 heavy (non-hydrogen) atoms. The van der Waals surface area contributed by atoms with Crippen molar-refractivity contribution in [1.29, 1.82) is 0 Å². The maximum absolute atomic E-state index is 9.55. The van der Waals surface area contributed by atoms with E-state index in [9.17, 15) is 5.11 Å². The van der Waals surface area contributed by atoms with Crippen LogP contribution in [-0.4, -0.2) is 22.9 Å². The molecule has 2 heteroatoms. The molecule has 0 aliphatic heterocycles. The minimum atomic E-state index is -0.0570. The van der Waals surface area contributed by atoms with Gasteiger partial charge in [0, 0.05) is 6.61 Å². The first kappa shape index (κ1) is 16.9. The summed E-state index contributed by atoms with van der Waals surface area (Å²) in [7, 11) is 0. The third kappa shape index (κ3) is 13.9. The summed E-state index contributed by atoms with van der Waals surface area (Å²) in [4.78, 5) is 0. The first-order chi connectivity index (χ1) is 8.31. The second-order valence-corrected chi connectivity index (χ2v) is 5.14. The Morgan fingerprint density at radius 1 is 0.706 bits per heavy atom. The highest BCUT2D eigenvalue weighted by molar-refractivity contribution is 4.55. The fourth-order valence-corrected chi connectivity index (χ4v) is 2.21. The number of rotatable bonds is 13. The van der Waals surface area contributed by atoms with E-state index >= 15 is 0 Å². The van der Waals surface area contributed by atoms with Crippen LogP contribution in [-0.2, 0) is 0 Å². The molecule has 0 heterocycles. The van der Waals surface area contributed by atoms with Gasteiger partial charge in [0.25, 0.3) is 0 Å². The smallest absolute Gasteiger partial charge is 0.0540 e. The van der Waals surface area contributed by atoms with Crippen LogP contribution in [0.3, 0.4) is 0 Å². The Kier molecular flexibility index (Phi) is 13.9. The standard InChI is InChI=1S/C15H32O2/c1-2-12-15(17)13-10-8-6-4-3-5-7-9-11-14-16/h15-17H,2-14H2,1H3. The zero-order chi connectivity index (χ0) is 12.8. The van der Waals surface area contributed by atoms with Gasteiger partial charge < -0.3 is 10.2 Å². The molecule has 104 valence electrons. The highest BCUT2D eigenvalue weighted by atomic mass is 16.3. The number of hydrogen-bond donors (Lipinski definition) is 2. The van der Waals surface area contributed by atoms with Crippen LogP contribution >= 0.6 is 0 Å². The van der Waals surface area contributed by atoms with E-state index in [-0.39, 0.29) is 6.10 Å². The zero-order valence-electron chi connectivity index (χ0n) is 11.7. The van der Waals surface area contributed by atoms with Crippen molar-refractivity contribution in [2.24, 2.45) is 0 Å². The van der Waals surface area contributed by atoms with Crippen LogP contribution in [0.4, 0.5) is 0 Å². The molecule has 0 aliphatic carbocycles. The molecular formula is C15H32O2. The third-order valence-corrected chi connectivity index (χ3v) is 3.32. The summed E-state index contributed by atoms with van der Waals surface area (Å²) < 4.78 is 0. The molecule has 2 N–H and O–H groups in total. The van der Waals surface area contributed by atoms with Crippen LogP contribution in [0, 0.1) is 0 Å². The van der Waals surface area contributed by atoms with E-state index in [2.05, 4.69) is 6.92 Å². The van der Waals surface area contributed by atoms with Crippen molar-refractivity contribution in [3.05, 3.63) is 0 Å². The van der Waals surface area contributed by atoms with Crippen molar-refractivity contribution in [3.8, 4) is 0 Å². The molecule has 0 bridgehead atoms. The highest BCUT2D eigenvalue weighted by Crippen LogP contribution is 2.12. The number of hydrogen-bond acceptors (Lipinski definition) is 2. The van der Waals surface area contributed by atoms with E-state index in [1.54, 1.807) is 0 Å². The molecule has 0 aromatic rings. The van der Waals surface area contributed by atoms with Crippen LogP contribution in [0.25, 0.3) is 0 Å². The van der Waals surface area contributed by atoms with E-state index in [4.69, 9.17) is 5.11 Å². The zero-order valence-corrected chi connectivity index (χ0v) is 11.7. The molecular weight excluding hydrogens is 212 g/mol. The van der Waals surface area contributed by atoms with Crippen molar-refractivity contribution in [2.45, 2.75) is 90.1 Å². The van der Waals surface area contributed by atoms with Gasteiger partial charge in [0.2, 0.25) is 0 Å². The first-order valence-corrected chi connectivity index (χ1v) is 7.60. The van der Waals surface area contributed by atoms with E-state index in [0.29, 0.717) is 6.61 Å². The van der Waals surface area contributed by atoms with Crippen LogP contribution in [0.5, 0.6) is 0 Å². The summed E-state index contributed by atoms with van der Waals surface area (Å²) in [6.07, 6.45) is 14.2. The van der Waals surface area contributed by atoms with Gasteiger partial charge >= 0.3 is 0 Å². The molecule has 0 saturated heterocycles.